The Morgan fingerprint density at radius 3 is 2.22 bits per heavy atom. The van der Waals surface area contributed by atoms with E-state index in [0.29, 0.717) is 33.7 Å². The summed E-state index contributed by atoms with van der Waals surface area (Å²) in [5.74, 6) is 0.764. The molecule has 4 nitrogen and oxygen atoms in total. The van der Waals surface area contributed by atoms with Crippen LogP contribution in [0.25, 0.3) is 0 Å². The van der Waals surface area contributed by atoms with Gasteiger partial charge in [-0.2, -0.15) is 11.8 Å². The zero-order valence-electron chi connectivity index (χ0n) is 12.6. The van der Waals surface area contributed by atoms with E-state index < -0.39 is 0 Å². The van der Waals surface area contributed by atoms with Crippen LogP contribution in [0.4, 0.5) is 5.69 Å². The van der Waals surface area contributed by atoms with Crippen molar-refractivity contribution in [1.82, 2.24) is 0 Å². The molecule has 1 N–H and O–H groups in total. The maximum absolute atomic E-state index is 12.6. The number of amides is 1. The summed E-state index contributed by atoms with van der Waals surface area (Å²) >= 11 is 1.52. The number of thioether (sulfide) groups is 1. The molecule has 5 heteroatoms. The van der Waals surface area contributed by atoms with E-state index in [9.17, 15) is 14.4 Å². The SMILES string of the molecule is CCSCC(=O)Nc1ccc2c(c1)C(=O)c1ccccc1C2=O. The summed E-state index contributed by atoms with van der Waals surface area (Å²) in [6, 6.07) is 11.6. The van der Waals surface area contributed by atoms with Gasteiger partial charge < -0.3 is 5.32 Å². The van der Waals surface area contributed by atoms with Crippen molar-refractivity contribution >= 4 is 34.9 Å². The lowest BCUT2D eigenvalue weighted by molar-refractivity contribution is -0.113. The Kier molecular flexibility index (Phi) is 4.30. The van der Waals surface area contributed by atoms with Crippen molar-refractivity contribution < 1.29 is 14.4 Å². The van der Waals surface area contributed by atoms with Crippen LogP contribution in [0.3, 0.4) is 0 Å². The smallest absolute Gasteiger partial charge is 0.234 e. The van der Waals surface area contributed by atoms with Gasteiger partial charge in [0.2, 0.25) is 5.91 Å². The Hall–Kier alpha value is -2.40. The summed E-state index contributed by atoms with van der Waals surface area (Å²) in [6.07, 6.45) is 0. The first-order chi connectivity index (χ1) is 11.1. The molecule has 3 rings (SSSR count). The molecule has 0 fully saturated rings. The number of hydrogen-bond acceptors (Lipinski definition) is 4. The van der Waals surface area contributed by atoms with E-state index in [1.54, 1.807) is 42.5 Å². The van der Waals surface area contributed by atoms with Crippen LogP contribution in [0, 0.1) is 0 Å². The third-order valence-electron chi connectivity index (χ3n) is 3.65. The van der Waals surface area contributed by atoms with Gasteiger partial charge in [0.15, 0.2) is 11.6 Å². The van der Waals surface area contributed by atoms with Gasteiger partial charge in [-0.3, -0.25) is 14.4 Å². The highest BCUT2D eigenvalue weighted by molar-refractivity contribution is 7.99. The van der Waals surface area contributed by atoms with Crippen molar-refractivity contribution in [1.29, 1.82) is 0 Å². The number of hydrogen-bond donors (Lipinski definition) is 1. The minimum atomic E-state index is -0.186. The first kappa shape index (κ1) is 15.5. The van der Waals surface area contributed by atoms with Gasteiger partial charge in [-0.05, 0) is 24.0 Å². The lowest BCUT2D eigenvalue weighted by Gasteiger charge is -2.18. The Balaban J connectivity index is 1.93. The first-order valence-electron chi connectivity index (χ1n) is 7.32. The van der Waals surface area contributed by atoms with E-state index in [4.69, 9.17) is 0 Å². The summed E-state index contributed by atoms with van der Waals surface area (Å²) < 4.78 is 0. The monoisotopic (exact) mass is 325 g/mol. The fourth-order valence-corrected chi connectivity index (χ4v) is 3.03. The summed E-state index contributed by atoms with van der Waals surface area (Å²) in [4.78, 5) is 36.9. The molecule has 0 atom stereocenters. The molecule has 1 aliphatic carbocycles. The Labute approximate surface area is 138 Å². The van der Waals surface area contributed by atoms with Crippen LogP contribution < -0.4 is 5.32 Å². The number of anilines is 1. The van der Waals surface area contributed by atoms with E-state index in [-0.39, 0.29) is 17.5 Å². The van der Waals surface area contributed by atoms with E-state index in [1.807, 2.05) is 6.92 Å². The van der Waals surface area contributed by atoms with Gasteiger partial charge in [-0.1, -0.05) is 31.2 Å². The van der Waals surface area contributed by atoms with Crippen LogP contribution in [0.5, 0.6) is 0 Å². The fraction of sp³-hybridized carbons (Fsp3) is 0.167. The van der Waals surface area contributed by atoms with Crippen LogP contribution in [0.1, 0.15) is 38.8 Å². The first-order valence-corrected chi connectivity index (χ1v) is 8.47. The second-order valence-electron chi connectivity index (χ2n) is 5.15. The topological polar surface area (TPSA) is 63.2 Å². The number of nitrogens with one attached hydrogen (secondary N) is 1. The van der Waals surface area contributed by atoms with E-state index >= 15 is 0 Å². The fourth-order valence-electron chi connectivity index (χ4n) is 2.57. The van der Waals surface area contributed by atoms with Crippen LogP contribution in [-0.2, 0) is 4.79 Å². The summed E-state index contributed by atoms with van der Waals surface area (Å²) in [7, 11) is 0. The number of carbonyl (C=O) groups is 3. The molecule has 1 amide bonds. The zero-order valence-corrected chi connectivity index (χ0v) is 13.4. The lowest BCUT2D eigenvalue weighted by atomic mass is 9.84. The number of ketones is 2. The molecule has 0 aliphatic heterocycles. The molecule has 23 heavy (non-hydrogen) atoms. The van der Waals surface area contributed by atoms with E-state index in [2.05, 4.69) is 5.32 Å². The molecule has 0 unspecified atom stereocenters. The normalized spacial score (nSPS) is 12.6. The van der Waals surface area contributed by atoms with Crippen LogP contribution in [0.15, 0.2) is 42.5 Å². The third-order valence-corrected chi connectivity index (χ3v) is 4.52. The van der Waals surface area contributed by atoms with Gasteiger partial charge in [-0.15, -0.1) is 0 Å². The molecule has 0 aromatic heterocycles. The van der Waals surface area contributed by atoms with Crippen molar-refractivity contribution in [2.24, 2.45) is 0 Å². The van der Waals surface area contributed by atoms with E-state index in [0.717, 1.165) is 5.75 Å². The van der Waals surface area contributed by atoms with Crippen molar-refractivity contribution in [2.75, 3.05) is 16.8 Å². The van der Waals surface area contributed by atoms with Crippen LogP contribution in [-0.4, -0.2) is 29.0 Å². The molecule has 0 radical (unpaired) electrons. The predicted molar refractivity (Wildman–Crippen MR) is 91.4 cm³/mol. The molecule has 2 aromatic rings. The standard InChI is InChI=1S/C18H15NO3S/c1-2-23-10-16(20)19-11-7-8-14-15(9-11)18(22)13-6-4-3-5-12(13)17(14)21/h3-9H,2,10H2,1H3,(H,19,20). The number of rotatable bonds is 4. The number of benzene rings is 2. The van der Waals surface area contributed by atoms with Gasteiger partial charge in [0.1, 0.15) is 0 Å². The third kappa shape index (κ3) is 2.92. The second kappa shape index (κ2) is 6.38. The largest absolute Gasteiger partial charge is 0.325 e. The predicted octanol–water partition coefficient (Wildman–Crippen LogP) is 3.15. The molecular formula is C18H15NO3S. The highest BCUT2D eigenvalue weighted by atomic mass is 32.2. The summed E-state index contributed by atoms with van der Waals surface area (Å²) in [5.41, 5.74) is 2.10. The highest BCUT2D eigenvalue weighted by Crippen LogP contribution is 2.29. The molecule has 0 bridgehead atoms. The summed E-state index contributed by atoms with van der Waals surface area (Å²) in [5, 5.41) is 2.76. The van der Waals surface area contributed by atoms with Gasteiger partial charge in [0, 0.05) is 27.9 Å². The molecule has 1 aliphatic rings. The summed E-state index contributed by atoms with van der Waals surface area (Å²) in [6.45, 7) is 1.98. The molecular weight excluding hydrogens is 310 g/mol. The molecule has 0 spiro atoms. The average molecular weight is 325 g/mol. The quantitative estimate of drug-likeness (QED) is 0.800. The molecule has 2 aromatic carbocycles. The van der Waals surface area contributed by atoms with Crippen molar-refractivity contribution in [3.63, 3.8) is 0 Å². The van der Waals surface area contributed by atoms with E-state index in [1.165, 1.54) is 11.8 Å². The van der Waals surface area contributed by atoms with Gasteiger partial charge >= 0.3 is 0 Å². The Bertz CT molecular complexity index is 814. The second-order valence-corrected chi connectivity index (χ2v) is 6.42. The van der Waals surface area contributed by atoms with Crippen molar-refractivity contribution in [2.45, 2.75) is 6.92 Å². The molecule has 116 valence electrons. The Morgan fingerprint density at radius 2 is 1.57 bits per heavy atom. The highest BCUT2D eigenvalue weighted by Gasteiger charge is 2.29. The lowest BCUT2D eigenvalue weighted by Crippen LogP contribution is -2.21. The average Bonchev–Trinajstić information content (AvgIpc) is 2.58. The van der Waals surface area contributed by atoms with Crippen LogP contribution >= 0.6 is 11.8 Å². The molecule has 0 heterocycles. The maximum atomic E-state index is 12.6. The minimum absolute atomic E-state index is 0.119. The number of carbonyl (C=O) groups excluding carboxylic acids is 3. The number of fused-ring (bicyclic) bond motifs is 2. The Morgan fingerprint density at radius 1 is 0.957 bits per heavy atom. The molecule has 0 saturated carbocycles. The van der Waals surface area contributed by atoms with Gasteiger partial charge in [-0.25, -0.2) is 0 Å². The molecule has 0 saturated heterocycles. The van der Waals surface area contributed by atoms with Gasteiger partial charge in [0.25, 0.3) is 0 Å². The van der Waals surface area contributed by atoms with Gasteiger partial charge in [0.05, 0.1) is 5.75 Å². The maximum Gasteiger partial charge on any atom is 0.234 e. The van der Waals surface area contributed by atoms with Crippen LogP contribution in [0.2, 0.25) is 0 Å². The van der Waals surface area contributed by atoms with Crippen molar-refractivity contribution in [3.8, 4) is 0 Å². The minimum Gasteiger partial charge on any atom is -0.325 e. The zero-order chi connectivity index (χ0) is 16.4. The van der Waals surface area contributed by atoms with Crippen molar-refractivity contribution in [3.05, 3.63) is 64.7 Å².